The van der Waals surface area contributed by atoms with Crippen LogP contribution in [0.1, 0.15) is 49.0 Å². The number of aryl methyl sites for hydroxylation is 1. The van der Waals surface area contributed by atoms with E-state index in [1.54, 1.807) is 6.92 Å². The summed E-state index contributed by atoms with van der Waals surface area (Å²) in [6, 6.07) is 1.91. The first-order chi connectivity index (χ1) is 7.61. The molecule has 0 spiro atoms. The van der Waals surface area contributed by atoms with Crippen LogP contribution in [0.25, 0.3) is 0 Å². The largest absolute Gasteiger partial charge is 0.506 e. The molecule has 2 N–H and O–H groups in total. The van der Waals surface area contributed by atoms with Gasteiger partial charge < -0.3 is 10.2 Å². The summed E-state index contributed by atoms with van der Waals surface area (Å²) in [5.74, 6) is 0.0531. The number of hydrogen-bond donors (Lipinski definition) is 2. The number of halogens is 1. The average molecular weight is 241 g/mol. The van der Waals surface area contributed by atoms with Gasteiger partial charge in [-0.1, -0.05) is 18.0 Å². The smallest absolute Gasteiger partial charge is 0.140 e. The Labute approximate surface area is 101 Å². The van der Waals surface area contributed by atoms with Crippen molar-refractivity contribution in [2.45, 2.75) is 45.1 Å². The number of hydrogen-bond acceptors (Lipinski definition) is 2. The van der Waals surface area contributed by atoms with Crippen LogP contribution in [-0.4, -0.2) is 10.2 Å². The van der Waals surface area contributed by atoms with Crippen LogP contribution in [0.15, 0.2) is 6.07 Å². The zero-order chi connectivity index (χ0) is 11.7. The minimum atomic E-state index is -0.675. The summed E-state index contributed by atoms with van der Waals surface area (Å²) in [6.07, 6.45) is 4.74. The molecule has 1 unspecified atom stereocenters. The number of aromatic hydroxyl groups is 1. The quantitative estimate of drug-likeness (QED) is 0.739. The van der Waals surface area contributed by atoms with Crippen molar-refractivity contribution in [1.82, 2.24) is 0 Å². The number of aliphatic hydroxyl groups is 1. The Morgan fingerprint density at radius 1 is 1.25 bits per heavy atom. The highest BCUT2D eigenvalue weighted by Crippen LogP contribution is 2.39. The van der Waals surface area contributed by atoms with Crippen LogP contribution in [0.3, 0.4) is 0 Å². The molecule has 1 aromatic rings. The lowest BCUT2D eigenvalue weighted by Crippen LogP contribution is -1.99. The molecule has 0 radical (unpaired) electrons. The molecule has 1 aromatic carbocycles. The predicted octanol–water partition coefficient (Wildman–Crippen LogP) is 3.37. The van der Waals surface area contributed by atoms with Crippen LogP contribution < -0.4 is 0 Å². The van der Waals surface area contributed by atoms with E-state index >= 15 is 0 Å². The molecule has 0 bridgehead atoms. The van der Waals surface area contributed by atoms with E-state index in [9.17, 15) is 10.2 Å². The van der Waals surface area contributed by atoms with Gasteiger partial charge in [-0.2, -0.15) is 0 Å². The Morgan fingerprint density at radius 2 is 1.94 bits per heavy atom. The van der Waals surface area contributed by atoms with E-state index in [0.717, 1.165) is 31.2 Å². The second-order valence-corrected chi connectivity index (χ2v) is 4.88. The van der Waals surface area contributed by atoms with Gasteiger partial charge in [-0.25, -0.2) is 0 Å². The van der Waals surface area contributed by atoms with Crippen molar-refractivity contribution in [2.24, 2.45) is 0 Å². The fourth-order valence-corrected chi connectivity index (χ4v) is 2.68. The molecule has 0 aliphatic heterocycles. The maximum absolute atomic E-state index is 9.92. The van der Waals surface area contributed by atoms with Crippen molar-refractivity contribution in [1.29, 1.82) is 0 Å². The summed E-state index contributed by atoms with van der Waals surface area (Å²) in [7, 11) is 0. The third-order valence-corrected chi connectivity index (χ3v) is 3.69. The van der Waals surface area contributed by atoms with Gasteiger partial charge in [0.15, 0.2) is 0 Å². The Balaban J connectivity index is 2.55. The topological polar surface area (TPSA) is 40.5 Å². The summed E-state index contributed by atoms with van der Waals surface area (Å²) in [5, 5.41) is 19.9. The second kappa shape index (κ2) is 4.64. The lowest BCUT2D eigenvalue weighted by Gasteiger charge is -2.15. The number of fused-ring (bicyclic) bond motifs is 1. The fraction of sp³-hybridized carbons (Fsp3) is 0.538. The first-order valence-corrected chi connectivity index (χ1v) is 6.20. The molecule has 0 fully saturated rings. The first-order valence-electron chi connectivity index (χ1n) is 5.82. The molecule has 0 saturated carbocycles. The first kappa shape index (κ1) is 11.7. The van der Waals surface area contributed by atoms with E-state index < -0.39 is 6.10 Å². The van der Waals surface area contributed by atoms with E-state index in [0.29, 0.717) is 10.6 Å². The molecule has 1 aliphatic carbocycles. The van der Waals surface area contributed by atoms with E-state index in [1.165, 1.54) is 12.0 Å². The van der Waals surface area contributed by atoms with E-state index in [2.05, 4.69) is 0 Å². The average Bonchev–Trinajstić information content (AvgIpc) is 2.48. The minimum absolute atomic E-state index is 0.0531. The number of rotatable bonds is 1. The van der Waals surface area contributed by atoms with Gasteiger partial charge in [0.2, 0.25) is 0 Å². The summed E-state index contributed by atoms with van der Waals surface area (Å²) >= 11 is 6.17. The predicted molar refractivity (Wildman–Crippen MR) is 65.0 cm³/mol. The molecule has 1 atom stereocenters. The van der Waals surface area contributed by atoms with Crippen molar-refractivity contribution >= 4 is 11.6 Å². The van der Waals surface area contributed by atoms with E-state index in [4.69, 9.17) is 11.6 Å². The Hall–Kier alpha value is -0.730. The maximum atomic E-state index is 9.92. The molecule has 88 valence electrons. The highest BCUT2D eigenvalue weighted by Gasteiger charge is 2.19. The van der Waals surface area contributed by atoms with Gasteiger partial charge in [0, 0.05) is 5.56 Å². The molecule has 2 nitrogen and oxygen atoms in total. The van der Waals surface area contributed by atoms with Crippen molar-refractivity contribution in [2.75, 3.05) is 0 Å². The third kappa shape index (κ3) is 2.04. The van der Waals surface area contributed by atoms with Crippen LogP contribution in [0.5, 0.6) is 5.75 Å². The Morgan fingerprint density at radius 3 is 2.62 bits per heavy atom. The SMILES string of the molecule is CC(O)c1cc2c(c(Cl)c1O)CCCCC2. The van der Waals surface area contributed by atoms with Gasteiger partial charge in [0.05, 0.1) is 11.1 Å². The number of aliphatic hydroxyl groups excluding tert-OH is 1. The summed E-state index contributed by atoms with van der Waals surface area (Å²) in [4.78, 5) is 0. The molecule has 0 aromatic heterocycles. The van der Waals surface area contributed by atoms with Crippen molar-refractivity contribution in [3.8, 4) is 5.75 Å². The lowest BCUT2D eigenvalue weighted by atomic mass is 9.97. The highest BCUT2D eigenvalue weighted by atomic mass is 35.5. The third-order valence-electron chi connectivity index (χ3n) is 3.29. The van der Waals surface area contributed by atoms with Gasteiger partial charge in [-0.3, -0.25) is 0 Å². The molecule has 2 rings (SSSR count). The van der Waals surface area contributed by atoms with Gasteiger partial charge in [-0.15, -0.1) is 0 Å². The molecule has 0 amide bonds. The molecule has 3 heteroatoms. The van der Waals surface area contributed by atoms with Gasteiger partial charge in [0.25, 0.3) is 0 Å². The molecule has 0 heterocycles. The number of benzene rings is 1. The second-order valence-electron chi connectivity index (χ2n) is 4.50. The highest BCUT2D eigenvalue weighted by molar-refractivity contribution is 6.33. The van der Waals surface area contributed by atoms with Crippen LogP contribution in [-0.2, 0) is 12.8 Å². The molecule has 1 aliphatic rings. The zero-order valence-electron chi connectivity index (χ0n) is 9.46. The number of phenolic OH excluding ortho intramolecular Hbond substituents is 1. The van der Waals surface area contributed by atoms with E-state index in [1.807, 2.05) is 6.07 Å². The van der Waals surface area contributed by atoms with Crippen molar-refractivity contribution in [3.63, 3.8) is 0 Å². The number of phenols is 1. The minimum Gasteiger partial charge on any atom is -0.506 e. The Kier molecular flexibility index (Phi) is 3.41. The van der Waals surface area contributed by atoms with Crippen LogP contribution in [0.2, 0.25) is 5.02 Å². The fourth-order valence-electron chi connectivity index (χ4n) is 2.36. The standard InChI is InChI=1S/C13H17ClO2/c1-8(15)11-7-9-5-3-2-4-6-10(9)12(14)13(11)16/h7-8,15-16H,2-6H2,1H3. The van der Waals surface area contributed by atoms with Gasteiger partial charge >= 0.3 is 0 Å². The molecular formula is C13H17ClO2. The van der Waals surface area contributed by atoms with Gasteiger partial charge in [0.1, 0.15) is 5.75 Å². The molecular weight excluding hydrogens is 224 g/mol. The van der Waals surface area contributed by atoms with Crippen molar-refractivity contribution < 1.29 is 10.2 Å². The van der Waals surface area contributed by atoms with Crippen LogP contribution in [0.4, 0.5) is 0 Å². The summed E-state index contributed by atoms with van der Waals surface area (Å²) < 4.78 is 0. The lowest BCUT2D eigenvalue weighted by molar-refractivity contribution is 0.195. The zero-order valence-corrected chi connectivity index (χ0v) is 10.2. The van der Waals surface area contributed by atoms with Crippen LogP contribution in [0, 0.1) is 0 Å². The van der Waals surface area contributed by atoms with Gasteiger partial charge in [-0.05, 0) is 49.8 Å². The summed E-state index contributed by atoms with van der Waals surface area (Å²) in [5.41, 5.74) is 2.81. The normalized spacial score (nSPS) is 17.7. The molecule has 0 saturated heterocycles. The monoisotopic (exact) mass is 240 g/mol. The van der Waals surface area contributed by atoms with E-state index in [-0.39, 0.29) is 5.75 Å². The Bertz CT molecular complexity index is 399. The van der Waals surface area contributed by atoms with Crippen LogP contribution >= 0.6 is 11.6 Å². The maximum Gasteiger partial charge on any atom is 0.140 e. The summed E-state index contributed by atoms with van der Waals surface area (Å²) in [6.45, 7) is 1.65. The molecule has 16 heavy (non-hydrogen) atoms. The van der Waals surface area contributed by atoms with Crippen molar-refractivity contribution in [3.05, 3.63) is 27.8 Å².